The van der Waals surface area contributed by atoms with E-state index in [0.717, 1.165) is 37.8 Å². The highest BCUT2D eigenvalue weighted by Gasteiger charge is 2.04. The summed E-state index contributed by atoms with van der Waals surface area (Å²) in [6.07, 6.45) is 6.50. The van der Waals surface area contributed by atoms with E-state index in [1.165, 1.54) is 5.56 Å². The first kappa shape index (κ1) is 17.4. The summed E-state index contributed by atoms with van der Waals surface area (Å²) in [6, 6.07) is 7.96. The highest BCUT2D eigenvalue weighted by Crippen LogP contribution is 2.11. The second-order valence-corrected chi connectivity index (χ2v) is 5.45. The van der Waals surface area contributed by atoms with Crippen LogP contribution in [0.3, 0.4) is 0 Å². The van der Waals surface area contributed by atoms with Gasteiger partial charge in [0.2, 0.25) is 5.91 Å². The molecule has 1 aromatic rings. The molecule has 116 valence electrons. The number of amides is 1. The average molecular weight is 289 g/mol. The van der Waals surface area contributed by atoms with E-state index in [1.807, 2.05) is 31.2 Å². The number of carbonyl (C=O) groups is 2. The Labute approximate surface area is 128 Å². The summed E-state index contributed by atoms with van der Waals surface area (Å²) in [6.45, 7) is 4.13. The fraction of sp³-hybridized carbons (Fsp3) is 0.556. The van der Waals surface area contributed by atoms with E-state index in [4.69, 9.17) is 0 Å². The van der Waals surface area contributed by atoms with Crippen LogP contribution in [-0.2, 0) is 16.0 Å². The maximum absolute atomic E-state index is 11.8. The van der Waals surface area contributed by atoms with Crippen molar-refractivity contribution in [3.63, 3.8) is 0 Å². The summed E-state index contributed by atoms with van der Waals surface area (Å²) >= 11 is 0. The third-order valence-corrected chi connectivity index (χ3v) is 3.53. The number of hydrogen-bond acceptors (Lipinski definition) is 2. The first-order chi connectivity index (χ1) is 10.2. The standard InChI is InChI=1S/C18H27NO2/c1-3-8-17(20)9-6-5-7-10-18(21)19-16-13-11-15(4-2)12-14-16/h11-14H,3-10H2,1-2H3,(H,19,21). The van der Waals surface area contributed by atoms with Crippen molar-refractivity contribution in [3.8, 4) is 0 Å². The molecular weight excluding hydrogens is 262 g/mol. The minimum atomic E-state index is 0.0548. The van der Waals surface area contributed by atoms with Gasteiger partial charge in [0.05, 0.1) is 0 Å². The monoisotopic (exact) mass is 289 g/mol. The molecule has 0 aliphatic rings. The minimum Gasteiger partial charge on any atom is -0.326 e. The molecule has 0 saturated heterocycles. The van der Waals surface area contributed by atoms with Crippen LogP contribution in [-0.4, -0.2) is 11.7 Å². The van der Waals surface area contributed by atoms with Crippen molar-refractivity contribution < 1.29 is 9.59 Å². The summed E-state index contributed by atoms with van der Waals surface area (Å²) < 4.78 is 0. The first-order valence-electron chi connectivity index (χ1n) is 8.06. The quantitative estimate of drug-likeness (QED) is 0.644. The number of unbranched alkanes of at least 4 members (excludes halogenated alkanes) is 2. The second kappa shape index (κ2) is 10.1. The summed E-state index contributed by atoms with van der Waals surface area (Å²) in [7, 11) is 0. The van der Waals surface area contributed by atoms with Gasteiger partial charge >= 0.3 is 0 Å². The Morgan fingerprint density at radius 2 is 1.57 bits per heavy atom. The molecule has 0 radical (unpaired) electrons. The normalized spacial score (nSPS) is 10.4. The molecule has 0 aliphatic heterocycles. The van der Waals surface area contributed by atoms with Crippen LogP contribution in [0, 0.1) is 0 Å². The van der Waals surface area contributed by atoms with Gasteiger partial charge < -0.3 is 5.32 Å². The van der Waals surface area contributed by atoms with E-state index in [1.54, 1.807) is 0 Å². The van der Waals surface area contributed by atoms with Crippen LogP contribution in [0.15, 0.2) is 24.3 Å². The lowest BCUT2D eigenvalue weighted by Crippen LogP contribution is -2.11. The van der Waals surface area contributed by atoms with Gasteiger partial charge in [-0.2, -0.15) is 0 Å². The van der Waals surface area contributed by atoms with Gasteiger partial charge in [-0.1, -0.05) is 32.4 Å². The van der Waals surface area contributed by atoms with Gasteiger partial charge in [-0.05, 0) is 43.4 Å². The Morgan fingerprint density at radius 3 is 2.19 bits per heavy atom. The molecule has 0 spiro atoms. The van der Waals surface area contributed by atoms with Crippen LogP contribution in [0.1, 0.15) is 64.4 Å². The van der Waals surface area contributed by atoms with Crippen LogP contribution < -0.4 is 5.32 Å². The fourth-order valence-electron chi connectivity index (χ4n) is 2.24. The fourth-order valence-corrected chi connectivity index (χ4v) is 2.24. The van der Waals surface area contributed by atoms with Gasteiger partial charge in [0.15, 0.2) is 0 Å². The van der Waals surface area contributed by atoms with Crippen LogP contribution in [0.5, 0.6) is 0 Å². The summed E-state index contributed by atoms with van der Waals surface area (Å²) in [5.74, 6) is 0.400. The van der Waals surface area contributed by atoms with Crippen LogP contribution >= 0.6 is 0 Å². The Bertz CT molecular complexity index is 437. The Morgan fingerprint density at radius 1 is 0.905 bits per heavy atom. The van der Waals surface area contributed by atoms with Crippen molar-refractivity contribution in [2.75, 3.05) is 5.32 Å². The van der Waals surface area contributed by atoms with E-state index >= 15 is 0 Å². The molecule has 3 nitrogen and oxygen atoms in total. The SMILES string of the molecule is CCCC(=O)CCCCCC(=O)Nc1ccc(CC)cc1. The lowest BCUT2D eigenvalue weighted by atomic mass is 10.1. The number of carbonyl (C=O) groups excluding carboxylic acids is 2. The van der Waals surface area contributed by atoms with E-state index in [0.29, 0.717) is 25.0 Å². The molecule has 1 N–H and O–H groups in total. The van der Waals surface area contributed by atoms with Crippen LogP contribution in [0.25, 0.3) is 0 Å². The van der Waals surface area contributed by atoms with Crippen LogP contribution in [0.4, 0.5) is 5.69 Å². The van der Waals surface area contributed by atoms with Crippen LogP contribution in [0.2, 0.25) is 0 Å². The Hall–Kier alpha value is -1.64. The number of rotatable bonds is 10. The predicted octanol–water partition coefficient (Wildman–Crippen LogP) is 4.51. The number of anilines is 1. The van der Waals surface area contributed by atoms with Gasteiger partial charge in [-0.3, -0.25) is 9.59 Å². The molecule has 0 saturated carbocycles. The molecule has 1 rings (SSSR count). The second-order valence-electron chi connectivity index (χ2n) is 5.45. The highest BCUT2D eigenvalue weighted by molar-refractivity contribution is 5.90. The summed E-state index contributed by atoms with van der Waals surface area (Å²) in [5.41, 5.74) is 2.13. The number of ketones is 1. The molecule has 0 heterocycles. The lowest BCUT2D eigenvalue weighted by Gasteiger charge is -2.06. The Balaban J connectivity index is 2.14. The number of Topliss-reactive ketones (excluding diaryl/α,β-unsaturated/α-hetero) is 1. The van der Waals surface area contributed by atoms with Gasteiger partial charge in [0.1, 0.15) is 5.78 Å². The van der Waals surface area contributed by atoms with Gasteiger partial charge in [-0.15, -0.1) is 0 Å². The molecule has 21 heavy (non-hydrogen) atoms. The molecule has 0 aliphatic carbocycles. The molecule has 0 atom stereocenters. The third-order valence-electron chi connectivity index (χ3n) is 3.53. The molecule has 1 amide bonds. The topological polar surface area (TPSA) is 46.2 Å². The van der Waals surface area contributed by atoms with Crippen molar-refractivity contribution in [2.24, 2.45) is 0 Å². The van der Waals surface area contributed by atoms with Gasteiger partial charge in [0.25, 0.3) is 0 Å². The first-order valence-corrected chi connectivity index (χ1v) is 8.06. The molecule has 1 aromatic carbocycles. The van der Waals surface area contributed by atoms with E-state index in [-0.39, 0.29) is 5.91 Å². The van der Waals surface area contributed by atoms with Crippen molar-refractivity contribution in [1.29, 1.82) is 0 Å². The van der Waals surface area contributed by atoms with E-state index in [2.05, 4.69) is 12.2 Å². The predicted molar refractivity (Wildman–Crippen MR) is 87.4 cm³/mol. The van der Waals surface area contributed by atoms with E-state index in [9.17, 15) is 9.59 Å². The largest absolute Gasteiger partial charge is 0.326 e. The third kappa shape index (κ3) is 7.64. The minimum absolute atomic E-state index is 0.0548. The molecule has 0 unspecified atom stereocenters. The molecular formula is C18H27NO2. The number of hydrogen-bond donors (Lipinski definition) is 1. The summed E-state index contributed by atoms with van der Waals surface area (Å²) in [4.78, 5) is 23.1. The van der Waals surface area contributed by atoms with Crippen molar-refractivity contribution in [3.05, 3.63) is 29.8 Å². The number of aryl methyl sites for hydroxylation is 1. The zero-order valence-corrected chi connectivity index (χ0v) is 13.3. The number of benzene rings is 1. The number of nitrogens with one attached hydrogen (secondary N) is 1. The zero-order chi connectivity index (χ0) is 15.5. The van der Waals surface area contributed by atoms with E-state index < -0.39 is 0 Å². The summed E-state index contributed by atoms with van der Waals surface area (Å²) in [5, 5.41) is 2.91. The molecule has 0 fully saturated rings. The molecule has 0 bridgehead atoms. The zero-order valence-electron chi connectivity index (χ0n) is 13.3. The average Bonchev–Trinajstić information content (AvgIpc) is 2.48. The molecule has 0 aromatic heterocycles. The maximum atomic E-state index is 11.8. The molecule has 3 heteroatoms. The lowest BCUT2D eigenvalue weighted by molar-refractivity contribution is -0.119. The van der Waals surface area contributed by atoms with Gasteiger partial charge in [0, 0.05) is 24.9 Å². The highest BCUT2D eigenvalue weighted by atomic mass is 16.1. The van der Waals surface area contributed by atoms with Crippen molar-refractivity contribution >= 4 is 17.4 Å². The smallest absolute Gasteiger partial charge is 0.224 e. The van der Waals surface area contributed by atoms with Gasteiger partial charge in [-0.25, -0.2) is 0 Å². The maximum Gasteiger partial charge on any atom is 0.224 e. The van der Waals surface area contributed by atoms with Crippen molar-refractivity contribution in [1.82, 2.24) is 0 Å². The Kier molecular flexibility index (Phi) is 8.41. The van der Waals surface area contributed by atoms with Crippen molar-refractivity contribution in [2.45, 2.75) is 65.2 Å².